The number of urea groups is 1. The van der Waals surface area contributed by atoms with Gasteiger partial charge in [0.1, 0.15) is 6.54 Å². The summed E-state index contributed by atoms with van der Waals surface area (Å²) in [6.45, 7) is 3.84. The molecule has 2 aliphatic rings. The van der Waals surface area contributed by atoms with Gasteiger partial charge in [0.2, 0.25) is 5.89 Å². The standard InChI is InChI=1S/C16H22N6O2/c23-16(20-7-1-2-8-20)21-10-4-13(5-11-21)15-18-14(19-24-15)12-22-9-3-6-17-22/h3,6,9,13H,1-2,4-5,7-8,10-12H2. The summed E-state index contributed by atoms with van der Waals surface area (Å²) in [6.07, 6.45) is 7.62. The van der Waals surface area contributed by atoms with Crippen LogP contribution in [-0.4, -0.2) is 61.9 Å². The van der Waals surface area contributed by atoms with Gasteiger partial charge in [0.25, 0.3) is 0 Å². The summed E-state index contributed by atoms with van der Waals surface area (Å²) in [5.41, 5.74) is 0. The third-order valence-electron chi connectivity index (χ3n) is 4.84. The Morgan fingerprint density at radius 2 is 1.92 bits per heavy atom. The van der Waals surface area contributed by atoms with Crippen molar-refractivity contribution in [3.05, 3.63) is 30.2 Å². The highest BCUT2D eigenvalue weighted by Gasteiger charge is 2.30. The summed E-state index contributed by atoms with van der Waals surface area (Å²) < 4.78 is 7.20. The van der Waals surface area contributed by atoms with Gasteiger partial charge in [-0.2, -0.15) is 10.1 Å². The maximum absolute atomic E-state index is 12.4. The molecule has 4 heterocycles. The first-order valence-corrected chi connectivity index (χ1v) is 8.63. The average molecular weight is 330 g/mol. The van der Waals surface area contributed by atoms with E-state index in [9.17, 15) is 4.79 Å². The van der Waals surface area contributed by atoms with Crippen LogP contribution in [0.2, 0.25) is 0 Å². The molecule has 0 atom stereocenters. The van der Waals surface area contributed by atoms with Crippen molar-refractivity contribution in [2.24, 2.45) is 0 Å². The Morgan fingerprint density at radius 3 is 2.62 bits per heavy atom. The molecule has 0 N–H and O–H groups in total. The number of piperidine rings is 1. The van der Waals surface area contributed by atoms with Gasteiger partial charge >= 0.3 is 6.03 Å². The Labute approximate surface area is 140 Å². The second-order valence-corrected chi connectivity index (χ2v) is 6.49. The van der Waals surface area contributed by atoms with E-state index in [0.717, 1.165) is 51.9 Å². The van der Waals surface area contributed by atoms with Gasteiger partial charge in [-0.3, -0.25) is 4.68 Å². The lowest BCUT2D eigenvalue weighted by molar-refractivity contribution is 0.144. The molecule has 4 rings (SSSR count). The molecule has 2 saturated heterocycles. The van der Waals surface area contributed by atoms with Crippen LogP contribution in [0, 0.1) is 0 Å². The lowest BCUT2D eigenvalue weighted by atomic mass is 9.97. The molecule has 128 valence electrons. The Morgan fingerprint density at radius 1 is 1.17 bits per heavy atom. The first-order valence-electron chi connectivity index (χ1n) is 8.63. The van der Waals surface area contributed by atoms with Crippen LogP contribution >= 0.6 is 0 Å². The summed E-state index contributed by atoms with van der Waals surface area (Å²) in [6, 6.07) is 2.06. The molecule has 0 aliphatic carbocycles. The fourth-order valence-electron chi connectivity index (χ4n) is 3.46. The van der Waals surface area contributed by atoms with Crippen molar-refractivity contribution >= 4 is 6.03 Å². The number of carbonyl (C=O) groups is 1. The van der Waals surface area contributed by atoms with Crippen LogP contribution in [-0.2, 0) is 6.54 Å². The van der Waals surface area contributed by atoms with E-state index in [0.29, 0.717) is 18.3 Å². The number of nitrogens with zero attached hydrogens (tertiary/aromatic N) is 6. The topological polar surface area (TPSA) is 80.3 Å². The first kappa shape index (κ1) is 15.2. The van der Waals surface area contributed by atoms with Gasteiger partial charge in [0.15, 0.2) is 5.82 Å². The van der Waals surface area contributed by atoms with Crippen molar-refractivity contribution in [3.8, 4) is 0 Å². The van der Waals surface area contributed by atoms with Gasteiger partial charge in [0, 0.05) is 44.5 Å². The molecule has 2 aromatic heterocycles. The molecule has 0 unspecified atom stereocenters. The number of rotatable bonds is 3. The Kier molecular flexibility index (Phi) is 4.18. The van der Waals surface area contributed by atoms with Crippen LogP contribution in [0.5, 0.6) is 0 Å². The quantitative estimate of drug-likeness (QED) is 0.856. The SMILES string of the molecule is O=C(N1CCCC1)N1CCC(c2nc(Cn3cccn3)no2)CC1. The summed E-state index contributed by atoms with van der Waals surface area (Å²) in [5.74, 6) is 1.57. The third kappa shape index (κ3) is 3.13. The zero-order valence-corrected chi connectivity index (χ0v) is 13.7. The minimum absolute atomic E-state index is 0.191. The van der Waals surface area contributed by atoms with Crippen LogP contribution in [0.25, 0.3) is 0 Å². The number of likely N-dealkylation sites (tertiary alicyclic amines) is 2. The van der Waals surface area contributed by atoms with E-state index in [1.165, 1.54) is 0 Å². The lowest BCUT2D eigenvalue weighted by Gasteiger charge is -2.33. The highest BCUT2D eigenvalue weighted by atomic mass is 16.5. The van der Waals surface area contributed by atoms with E-state index in [-0.39, 0.29) is 11.9 Å². The van der Waals surface area contributed by atoms with E-state index >= 15 is 0 Å². The van der Waals surface area contributed by atoms with E-state index in [2.05, 4.69) is 15.2 Å². The molecular formula is C16H22N6O2. The maximum Gasteiger partial charge on any atom is 0.319 e. The minimum atomic E-state index is 0.191. The second-order valence-electron chi connectivity index (χ2n) is 6.49. The van der Waals surface area contributed by atoms with Crippen molar-refractivity contribution in [1.29, 1.82) is 0 Å². The van der Waals surface area contributed by atoms with Crippen molar-refractivity contribution in [3.63, 3.8) is 0 Å². The summed E-state index contributed by atoms with van der Waals surface area (Å²) in [4.78, 5) is 20.8. The molecule has 8 nitrogen and oxygen atoms in total. The van der Waals surface area contributed by atoms with E-state index in [4.69, 9.17) is 4.52 Å². The molecule has 2 aliphatic heterocycles. The number of aromatic nitrogens is 4. The molecule has 2 aromatic rings. The molecule has 2 fully saturated rings. The highest BCUT2D eigenvalue weighted by molar-refractivity contribution is 5.74. The van der Waals surface area contributed by atoms with Crippen molar-refractivity contribution in [2.75, 3.05) is 26.2 Å². The Hall–Kier alpha value is -2.38. The van der Waals surface area contributed by atoms with Gasteiger partial charge < -0.3 is 14.3 Å². The molecular weight excluding hydrogens is 308 g/mol. The fraction of sp³-hybridized carbons (Fsp3) is 0.625. The van der Waals surface area contributed by atoms with Gasteiger partial charge in [-0.1, -0.05) is 5.16 Å². The number of hydrogen-bond donors (Lipinski definition) is 0. The van der Waals surface area contributed by atoms with Crippen molar-refractivity contribution < 1.29 is 9.32 Å². The molecule has 24 heavy (non-hydrogen) atoms. The average Bonchev–Trinajstić information content (AvgIpc) is 3.37. The van der Waals surface area contributed by atoms with Crippen molar-refractivity contribution in [2.45, 2.75) is 38.1 Å². The van der Waals surface area contributed by atoms with Crippen LogP contribution in [0.1, 0.15) is 43.3 Å². The molecule has 0 saturated carbocycles. The molecule has 0 radical (unpaired) electrons. The molecule has 0 spiro atoms. The monoisotopic (exact) mass is 330 g/mol. The van der Waals surface area contributed by atoms with Crippen LogP contribution in [0.15, 0.2) is 23.0 Å². The fourth-order valence-corrected chi connectivity index (χ4v) is 3.46. The summed E-state index contributed by atoms with van der Waals surface area (Å²) >= 11 is 0. The first-order chi connectivity index (χ1) is 11.8. The van der Waals surface area contributed by atoms with Gasteiger partial charge in [-0.15, -0.1) is 0 Å². The predicted molar refractivity (Wildman–Crippen MR) is 85.4 cm³/mol. The predicted octanol–water partition coefficient (Wildman–Crippen LogP) is 1.71. The zero-order valence-electron chi connectivity index (χ0n) is 13.7. The van der Waals surface area contributed by atoms with Crippen LogP contribution < -0.4 is 0 Å². The molecule has 0 aromatic carbocycles. The molecule has 8 heteroatoms. The van der Waals surface area contributed by atoms with Gasteiger partial charge in [-0.05, 0) is 31.7 Å². The van der Waals surface area contributed by atoms with E-state index < -0.39 is 0 Å². The Balaban J connectivity index is 1.32. The maximum atomic E-state index is 12.4. The van der Waals surface area contributed by atoms with Gasteiger partial charge in [-0.25, -0.2) is 4.79 Å². The van der Waals surface area contributed by atoms with Gasteiger partial charge in [0.05, 0.1) is 0 Å². The Bertz CT molecular complexity index is 669. The van der Waals surface area contributed by atoms with Crippen molar-refractivity contribution in [1.82, 2.24) is 29.7 Å². The highest BCUT2D eigenvalue weighted by Crippen LogP contribution is 2.27. The third-order valence-corrected chi connectivity index (χ3v) is 4.84. The summed E-state index contributed by atoms with van der Waals surface area (Å²) in [5, 5.41) is 8.19. The number of hydrogen-bond acceptors (Lipinski definition) is 5. The number of amides is 2. The summed E-state index contributed by atoms with van der Waals surface area (Å²) in [7, 11) is 0. The second kappa shape index (κ2) is 6.62. The number of carbonyl (C=O) groups excluding carboxylic acids is 1. The zero-order chi connectivity index (χ0) is 16.4. The molecule has 0 bridgehead atoms. The van der Waals surface area contributed by atoms with Crippen LogP contribution in [0.3, 0.4) is 0 Å². The smallest absolute Gasteiger partial charge is 0.319 e. The normalized spacial score (nSPS) is 19.2. The molecule has 2 amide bonds. The van der Waals surface area contributed by atoms with E-state index in [1.54, 1.807) is 10.9 Å². The largest absolute Gasteiger partial charge is 0.339 e. The van der Waals surface area contributed by atoms with Crippen LogP contribution in [0.4, 0.5) is 4.79 Å². The lowest BCUT2D eigenvalue weighted by Crippen LogP contribution is -2.45. The minimum Gasteiger partial charge on any atom is -0.339 e. The van der Waals surface area contributed by atoms with E-state index in [1.807, 2.05) is 22.1 Å².